The molecule has 3 heteroatoms. The van der Waals surface area contributed by atoms with Crippen molar-refractivity contribution in [3.63, 3.8) is 0 Å². The third-order valence-electron chi connectivity index (χ3n) is 4.14. The van der Waals surface area contributed by atoms with E-state index in [1.165, 1.54) is 12.0 Å². The van der Waals surface area contributed by atoms with Gasteiger partial charge in [-0.25, -0.2) is 0 Å². The maximum absolute atomic E-state index is 6.38. The van der Waals surface area contributed by atoms with E-state index >= 15 is 0 Å². The van der Waals surface area contributed by atoms with Gasteiger partial charge in [-0.1, -0.05) is 45.4 Å². The molecule has 1 aliphatic carbocycles. The van der Waals surface area contributed by atoms with Crippen molar-refractivity contribution in [2.75, 3.05) is 0 Å². The Kier molecular flexibility index (Phi) is 5.95. The molecule has 21 heavy (non-hydrogen) atoms. The van der Waals surface area contributed by atoms with E-state index in [0.717, 1.165) is 42.0 Å². The van der Waals surface area contributed by atoms with Gasteiger partial charge in [-0.15, -0.1) is 0 Å². The molecule has 1 fully saturated rings. The summed E-state index contributed by atoms with van der Waals surface area (Å²) in [5.74, 6) is 2.32. The highest BCUT2D eigenvalue weighted by Crippen LogP contribution is 2.34. The third kappa shape index (κ3) is 5.19. The minimum Gasteiger partial charge on any atom is -0.489 e. The first-order valence-corrected chi connectivity index (χ1v) is 8.50. The van der Waals surface area contributed by atoms with Crippen LogP contribution in [0.1, 0.15) is 52.5 Å². The molecule has 1 N–H and O–H groups in total. The van der Waals surface area contributed by atoms with Crippen LogP contribution >= 0.6 is 11.6 Å². The fraction of sp³-hybridized carbons (Fsp3) is 0.667. The molecule has 2 nitrogen and oxygen atoms in total. The van der Waals surface area contributed by atoms with Crippen molar-refractivity contribution < 1.29 is 4.74 Å². The van der Waals surface area contributed by atoms with Crippen molar-refractivity contribution in [1.29, 1.82) is 0 Å². The monoisotopic (exact) mass is 309 g/mol. The predicted octanol–water partition coefficient (Wildman–Crippen LogP) is 5.04. The van der Waals surface area contributed by atoms with Crippen molar-refractivity contribution in [2.24, 2.45) is 11.8 Å². The first-order chi connectivity index (χ1) is 9.94. The fourth-order valence-corrected chi connectivity index (χ4v) is 3.47. The number of halogens is 1. The Labute approximate surface area is 134 Å². The quantitative estimate of drug-likeness (QED) is 0.822. The summed E-state index contributed by atoms with van der Waals surface area (Å²) >= 11 is 6.38. The fourth-order valence-electron chi connectivity index (χ4n) is 3.22. The molecule has 0 aliphatic heterocycles. The van der Waals surface area contributed by atoms with Crippen LogP contribution in [0, 0.1) is 11.8 Å². The molecular formula is C18H28ClNO. The van der Waals surface area contributed by atoms with Gasteiger partial charge in [-0.3, -0.25) is 0 Å². The van der Waals surface area contributed by atoms with E-state index in [2.05, 4.69) is 39.1 Å². The maximum Gasteiger partial charge on any atom is 0.138 e. The third-order valence-corrected chi connectivity index (χ3v) is 4.43. The topological polar surface area (TPSA) is 21.3 Å². The van der Waals surface area contributed by atoms with Crippen LogP contribution in [0.5, 0.6) is 5.75 Å². The SMILES string of the molecule is CC1CC(C)CC(Oc2ccc(CNC(C)C)cc2Cl)C1. The molecule has 0 spiro atoms. The van der Waals surface area contributed by atoms with Gasteiger partial charge in [0.15, 0.2) is 0 Å². The lowest BCUT2D eigenvalue weighted by Crippen LogP contribution is -2.28. The molecule has 0 aromatic heterocycles. The van der Waals surface area contributed by atoms with Crippen LogP contribution in [0.4, 0.5) is 0 Å². The average Bonchev–Trinajstić information content (AvgIpc) is 2.38. The number of hydrogen-bond acceptors (Lipinski definition) is 2. The average molecular weight is 310 g/mol. The van der Waals surface area contributed by atoms with E-state index in [4.69, 9.17) is 16.3 Å². The van der Waals surface area contributed by atoms with Crippen molar-refractivity contribution in [3.05, 3.63) is 28.8 Å². The Morgan fingerprint density at radius 2 is 1.86 bits per heavy atom. The van der Waals surface area contributed by atoms with E-state index in [0.29, 0.717) is 12.1 Å². The highest BCUT2D eigenvalue weighted by Gasteiger charge is 2.25. The molecule has 2 atom stereocenters. The summed E-state index contributed by atoms with van der Waals surface area (Å²) in [6, 6.07) is 6.61. The summed E-state index contributed by atoms with van der Waals surface area (Å²) in [6.07, 6.45) is 3.89. The zero-order chi connectivity index (χ0) is 15.4. The standard InChI is InChI=1S/C18H28ClNO/c1-12(2)20-11-15-5-6-18(17(19)10-15)21-16-8-13(3)7-14(4)9-16/h5-6,10,12-14,16,20H,7-9,11H2,1-4H3. The minimum atomic E-state index is 0.306. The molecule has 1 aromatic rings. The van der Waals surface area contributed by atoms with Gasteiger partial charge in [0.1, 0.15) is 5.75 Å². The van der Waals surface area contributed by atoms with Crippen LogP contribution in [-0.4, -0.2) is 12.1 Å². The Morgan fingerprint density at radius 1 is 1.19 bits per heavy atom. The molecule has 0 amide bonds. The molecule has 2 unspecified atom stereocenters. The van der Waals surface area contributed by atoms with Crippen molar-refractivity contribution in [1.82, 2.24) is 5.32 Å². The largest absolute Gasteiger partial charge is 0.489 e. The molecule has 0 saturated heterocycles. The minimum absolute atomic E-state index is 0.306. The van der Waals surface area contributed by atoms with E-state index in [1.807, 2.05) is 12.1 Å². The second kappa shape index (κ2) is 7.51. The van der Waals surface area contributed by atoms with Gasteiger partial charge in [-0.2, -0.15) is 0 Å². The van der Waals surface area contributed by atoms with Crippen LogP contribution in [0.15, 0.2) is 18.2 Å². The van der Waals surface area contributed by atoms with Gasteiger partial charge >= 0.3 is 0 Å². The molecule has 2 rings (SSSR count). The van der Waals surface area contributed by atoms with E-state index in [1.54, 1.807) is 0 Å². The number of rotatable bonds is 5. The number of hydrogen-bond donors (Lipinski definition) is 1. The van der Waals surface area contributed by atoms with Crippen molar-refractivity contribution >= 4 is 11.6 Å². The Hall–Kier alpha value is -0.730. The summed E-state index contributed by atoms with van der Waals surface area (Å²) in [4.78, 5) is 0. The van der Waals surface area contributed by atoms with Crippen LogP contribution in [0.3, 0.4) is 0 Å². The predicted molar refractivity (Wildman–Crippen MR) is 90.0 cm³/mol. The highest BCUT2D eigenvalue weighted by molar-refractivity contribution is 6.32. The number of ether oxygens (including phenoxy) is 1. The Morgan fingerprint density at radius 3 is 2.43 bits per heavy atom. The summed E-state index contributed by atoms with van der Waals surface area (Å²) in [6.45, 7) is 9.76. The van der Waals surface area contributed by atoms with E-state index < -0.39 is 0 Å². The molecule has 1 aromatic carbocycles. The summed E-state index contributed by atoms with van der Waals surface area (Å²) in [5.41, 5.74) is 1.20. The second-order valence-corrected chi connectivity index (χ2v) is 7.36. The zero-order valence-electron chi connectivity index (χ0n) is 13.7. The van der Waals surface area contributed by atoms with E-state index in [-0.39, 0.29) is 0 Å². The lowest BCUT2D eigenvalue weighted by atomic mass is 9.82. The lowest BCUT2D eigenvalue weighted by Gasteiger charge is -2.32. The van der Waals surface area contributed by atoms with Gasteiger partial charge in [0.2, 0.25) is 0 Å². The smallest absolute Gasteiger partial charge is 0.138 e. The maximum atomic E-state index is 6.38. The summed E-state index contributed by atoms with van der Waals surface area (Å²) < 4.78 is 6.16. The van der Waals surface area contributed by atoms with Crippen molar-refractivity contribution in [3.8, 4) is 5.75 Å². The first kappa shape index (κ1) is 16.6. The Balaban J connectivity index is 1.97. The van der Waals surface area contributed by atoms with Crippen LogP contribution in [0.25, 0.3) is 0 Å². The molecule has 1 saturated carbocycles. The van der Waals surface area contributed by atoms with Gasteiger partial charge in [-0.05, 0) is 48.8 Å². The van der Waals surface area contributed by atoms with Gasteiger partial charge in [0.05, 0.1) is 11.1 Å². The molecule has 0 bridgehead atoms. The molecule has 0 heterocycles. The molecule has 0 radical (unpaired) electrons. The molecule has 1 aliphatic rings. The van der Waals surface area contributed by atoms with Crippen molar-refractivity contribution in [2.45, 2.75) is 65.6 Å². The molecule has 118 valence electrons. The zero-order valence-corrected chi connectivity index (χ0v) is 14.4. The lowest BCUT2D eigenvalue weighted by molar-refractivity contribution is 0.101. The number of benzene rings is 1. The second-order valence-electron chi connectivity index (χ2n) is 6.96. The summed E-state index contributed by atoms with van der Waals surface area (Å²) in [5, 5.41) is 4.13. The first-order valence-electron chi connectivity index (χ1n) is 8.12. The van der Waals surface area contributed by atoms with Gasteiger partial charge in [0, 0.05) is 12.6 Å². The van der Waals surface area contributed by atoms with Crippen LogP contribution in [0.2, 0.25) is 5.02 Å². The van der Waals surface area contributed by atoms with E-state index in [9.17, 15) is 0 Å². The Bertz CT molecular complexity index is 451. The number of nitrogens with one attached hydrogen (secondary N) is 1. The van der Waals surface area contributed by atoms with Gasteiger partial charge in [0.25, 0.3) is 0 Å². The van der Waals surface area contributed by atoms with Crippen LogP contribution < -0.4 is 10.1 Å². The van der Waals surface area contributed by atoms with Crippen LogP contribution in [-0.2, 0) is 6.54 Å². The summed E-state index contributed by atoms with van der Waals surface area (Å²) in [7, 11) is 0. The molecular weight excluding hydrogens is 282 g/mol. The van der Waals surface area contributed by atoms with Gasteiger partial charge < -0.3 is 10.1 Å². The normalized spacial score (nSPS) is 26.1. The highest BCUT2D eigenvalue weighted by atomic mass is 35.5.